The molecule has 2 unspecified atom stereocenters. The van der Waals surface area contributed by atoms with E-state index in [-0.39, 0.29) is 12.0 Å². The van der Waals surface area contributed by atoms with Crippen LogP contribution in [0.15, 0.2) is 24.3 Å². The molecule has 0 saturated heterocycles. The van der Waals surface area contributed by atoms with Gasteiger partial charge >= 0.3 is 0 Å². The molecule has 0 spiro atoms. The molecule has 0 fully saturated rings. The van der Waals surface area contributed by atoms with Crippen LogP contribution in [0.4, 0.5) is 0 Å². The summed E-state index contributed by atoms with van der Waals surface area (Å²) >= 11 is 0. The van der Waals surface area contributed by atoms with E-state index < -0.39 is 0 Å². The molecule has 0 radical (unpaired) electrons. The normalized spacial score (nSPS) is 14.2. The Morgan fingerprint density at radius 1 is 1.17 bits per heavy atom. The van der Waals surface area contributed by atoms with Gasteiger partial charge in [0.15, 0.2) is 0 Å². The zero-order valence-corrected chi connectivity index (χ0v) is 11.8. The molecule has 0 bridgehead atoms. The van der Waals surface area contributed by atoms with E-state index in [2.05, 4.69) is 19.1 Å². The largest absolute Gasteiger partial charge is 0.328 e. The van der Waals surface area contributed by atoms with Crippen LogP contribution < -0.4 is 5.73 Å². The summed E-state index contributed by atoms with van der Waals surface area (Å²) in [5, 5.41) is 0. The van der Waals surface area contributed by atoms with Gasteiger partial charge in [-0.05, 0) is 32.3 Å². The standard InChI is InChI=1S/C16H25NO/c1-12-7-9-15(10-8-12)11-16(18)13(2)5-4-6-14(3)17/h7-10,13-14H,4-6,11,17H2,1-3H3. The van der Waals surface area contributed by atoms with E-state index in [0.29, 0.717) is 12.2 Å². The van der Waals surface area contributed by atoms with Crippen LogP contribution in [0.3, 0.4) is 0 Å². The molecule has 0 heterocycles. The number of benzene rings is 1. The number of carbonyl (C=O) groups excluding carboxylic acids is 1. The van der Waals surface area contributed by atoms with E-state index in [4.69, 9.17) is 5.73 Å². The molecule has 0 aliphatic carbocycles. The maximum absolute atomic E-state index is 12.0. The number of hydrogen-bond donors (Lipinski definition) is 1. The highest BCUT2D eigenvalue weighted by Gasteiger charge is 2.13. The van der Waals surface area contributed by atoms with Crippen molar-refractivity contribution in [3.63, 3.8) is 0 Å². The van der Waals surface area contributed by atoms with Crippen molar-refractivity contribution in [1.29, 1.82) is 0 Å². The second kappa shape index (κ2) is 7.32. The van der Waals surface area contributed by atoms with E-state index >= 15 is 0 Å². The Hall–Kier alpha value is -1.15. The SMILES string of the molecule is Cc1ccc(CC(=O)C(C)CCCC(C)N)cc1. The van der Waals surface area contributed by atoms with Gasteiger partial charge in [-0.25, -0.2) is 0 Å². The molecular formula is C16H25NO. The van der Waals surface area contributed by atoms with Crippen LogP contribution in [0.2, 0.25) is 0 Å². The fourth-order valence-corrected chi connectivity index (χ4v) is 1.99. The van der Waals surface area contributed by atoms with Crippen LogP contribution in [-0.2, 0) is 11.2 Å². The molecule has 0 aliphatic rings. The minimum absolute atomic E-state index is 0.144. The van der Waals surface area contributed by atoms with Crippen molar-refractivity contribution in [2.75, 3.05) is 0 Å². The fourth-order valence-electron chi connectivity index (χ4n) is 1.99. The molecule has 2 N–H and O–H groups in total. The number of nitrogens with two attached hydrogens (primary N) is 1. The monoisotopic (exact) mass is 247 g/mol. The van der Waals surface area contributed by atoms with Gasteiger partial charge < -0.3 is 5.73 Å². The molecule has 1 aromatic carbocycles. The molecule has 18 heavy (non-hydrogen) atoms. The molecule has 0 saturated carbocycles. The molecule has 1 aromatic rings. The van der Waals surface area contributed by atoms with E-state index in [9.17, 15) is 4.79 Å². The van der Waals surface area contributed by atoms with Crippen LogP contribution in [0.5, 0.6) is 0 Å². The highest BCUT2D eigenvalue weighted by atomic mass is 16.1. The van der Waals surface area contributed by atoms with E-state index in [1.807, 2.05) is 26.0 Å². The van der Waals surface area contributed by atoms with Crippen LogP contribution in [0.1, 0.15) is 44.2 Å². The lowest BCUT2D eigenvalue weighted by Gasteiger charge is -2.11. The molecule has 2 heteroatoms. The molecule has 0 amide bonds. The minimum Gasteiger partial charge on any atom is -0.328 e. The first kappa shape index (κ1) is 14.9. The number of aryl methyl sites for hydroxylation is 1. The maximum atomic E-state index is 12.0. The third kappa shape index (κ3) is 5.46. The average Bonchev–Trinajstić information content (AvgIpc) is 2.31. The lowest BCUT2D eigenvalue weighted by Crippen LogP contribution is -2.17. The zero-order valence-electron chi connectivity index (χ0n) is 11.8. The predicted molar refractivity (Wildman–Crippen MR) is 76.6 cm³/mol. The Morgan fingerprint density at radius 3 is 2.33 bits per heavy atom. The van der Waals surface area contributed by atoms with Crippen molar-refractivity contribution in [1.82, 2.24) is 0 Å². The van der Waals surface area contributed by atoms with Crippen molar-refractivity contribution in [3.05, 3.63) is 35.4 Å². The van der Waals surface area contributed by atoms with Crippen LogP contribution in [0, 0.1) is 12.8 Å². The summed E-state index contributed by atoms with van der Waals surface area (Å²) in [4.78, 5) is 12.0. The van der Waals surface area contributed by atoms with Gasteiger partial charge in [-0.3, -0.25) is 4.79 Å². The molecule has 1 rings (SSSR count). The number of rotatable bonds is 7. The topological polar surface area (TPSA) is 43.1 Å². The van der Waals surface area contributed by atoms with E-state index in [1.54, 1.807) is 0 Å². The summed E-state index contributed by atoms with van der Waals surface area (Å²) in [6.45, 7) is 6.10. The quantitative estimate of drug-likeness (QED) is 0.803. The molecular weight excluding hydrogens is 222 g/mol. The van der Waals surface area contributed by atoms with Crippen molar-refractivity contribution in [2.24, 2.45) is 11.7 Å². The van der Waals surface area contributed by atoms with Gasteiger partial charge in [0.05, 0.1) is 0 Å². The van der Waals surface area contributed by atoms with E-state index in [1.165, 1.54) is 5.56 Å². The number of hydrogen-bond acceptors (Lipinski definition) is 2. The molecule has 100 valence electrons. The highest BCUT2D eigenvalue weighted by molar-refractivity contribution is 5.82. The molecule has 0 aromatic heterocycles. The first-order valence-electron chi connectivity index (χ1n) is 6.83. The van der Waals surface area contributed by atoms with Gasteiger partial charge in [0.1, 0.15) is 5.78 Å². The van der Waals surface area contributed by atoms with Crippen molar-refractivity contribution >= 4 is 5.78 Å². The van der Waals surface area contributed by atoms with Crippen molar-refractivity contribution in [2.45, 2.75) is 52.5 Å². The Bertz CT molecular complexity index is 367. The summed E-state index contributed by atoms with van der Waals surface area (Å²) in [6, 6.07) is 8.45. The van der Waals surface area contributed by atoms with Gasteiger partial charge in [-0.1, -0.05) is 43.2 Å². The smallest absolute Gasteiger partial charge is 0.140 e. The zero-order chi connectivity index (χ0) is 13.5. The van der Waals surface area contributed by atoms with Crippen LogP contribution in [0.25, 0.3) is 0 Å². The molecule has 2 nitrogen and oxygen atoms in total. The van der Waals surface area contributed by atoms with E-state index in [0.717, 1.165) is 24.8 Å². The Kier molecular flexibility index (Phi) is 6.06. The minimum atomic E-state index is 0.144. The molecule has 0 aliphatic heterocycles. The van der Waals surface area contributed by atoms with Crippen LogP contribution in [-0.4, -0.2) is 11.8 Å². The summed E-state index contributed by atoms with van der Waals surface area (Å²) in [5.41, 5.74) is 8.06. The van der Waals surface area contributed by atoms with Gasteiger partial charge in [-0.15, -0.1) is 0 Å². The lowest BCUT2D eigenvalue weighted by atomic mass is 9.94. The van der Waals surface area contributed by atoms with Gasteiger partial charge in [0.2, 0.25) is 0 Å². The summed E-state index contributed by atoms with van der Waals surface area (Å²) < 4.78 is 0. The third-order valence-corrected chi connectivity index (χ3v) is 3.35. The highest BCUT2D eigenvalue weighted by Crippen LogP contribution is 2.13. The first-order chi connectivity index (χ1) is 8.49. The maximum Gasteiger partial charge on any atom is 0.140 e. The van der Waals surface area contributed by atoms with Gasteiger partial charge in [0, 0.05) is 18.4 Å². The van der Waals surface area contributed by atoms with Gasteiger partial charge in [0.25, 0.3) is 0 Å². The fraction of sp³-hybridized carbons (Fsp3) is 0.562. The third-order valence-electron chi connectivity index (χ3n) is 3.35. The second-order valence-corrected chi connectivity index (χ2v) is 5.44. The predicted octanol–water partition coefficient (Wildman–Crippen LogP) is 3.26. The van der Waals surface area contributed by atoms with Crippen molar-refractivity contribution < 1.29 is 4.79 Å². The van der Waals surface area contributed by atoms with Crippen LogP contribution >= 0.6 is 0 Å². The average molecular weight is 247 g/mol. The summed E-state index contributed by atoms with van der Waals surface area (Å²) in [7, 11) is 0. The summed E-state index contributed by atoms with van der Waals surface area (Å²) in [5.74, 6) is 0.480. The second-order valence-electron chi connectivity index (χ2n) is 5.44. The molecule has 2 atom stereocenters. The van der Waals surface area contributed by atoms with Gasteiger partial charge in [-0.2, -0.15) is 0 Å². The summed E-state index contributed by atoms with van der Waals surface area (Å²) in [6.07, 6.45) is 3.55. The number of ketones is 1. The first-order valence-corrected chi connectivity index (χ1v) is 6.83. The Labute approximate surface area is 111 Å². The lowest BCUT2D eigenvalue weighted by molar-refractivity contribution is -0.121. The number of carbonyl (C=O) groups is 1. The van der Waals surface area contributed by atoms with Crippen molar-refractivity contribution in [3.8, 4) is 0 Å². The number of Topliss-reactive ketones (excluding diaryl/α,β-unsaturated/α-hetero) is 1. The Morgan fingerprint density at radius 2 is 1.78 bits per heavy atom. The Balaban J connectivity index is 2.37.